The van der Waals surface area contributed by atoms with Crippen LogP contribution in [0.15, 0.2) is 11.1 Å². The average Bonchev–Trinajstić information content (AvgIpc) is 2.84. The molecule has 0 radical (unpaired) electrons. The van der Waals surface area contributed by atoms with Crippen molar-refractivity contribution in [2.75, 3.05) is 70.7 Å². The van der Waals surface area contributed by atoms with Gasteiger partial charge in [-0.15, -0.1) is 0 Å². The van der Waals surface area contributed by atoms with E-state index < -0.39 is 0 Å². The molecule has 1 aliphatic carbocycles. The molecule has 0 unspecified atom stereocenters. The van der Waals surface area contributed by atoms with E-state index in [0.717, 1.165) is 89.4 Å². The zero-order chi connectivity index (χ0) is 23.1. The number of hydrogen-bond donors (Lipinski definition) is 0. The van der Waals surface area contributed by atoms with Crippen molar-refractivity contribution in [2.24, 2.45) is 16.3 Å². The maximum atomic E-state index is 6.01. The number of aromatic nitrogens is 2. The summed E-state index contributed by atoms with van der Waals surface area (Å²) in [5, 5.41) is 0. The summed E-state index contributed by atoms with van der Waals surface area (Å²) < 4.78 is 17.0. The van der Waals surface area contributed by atoms with Crippen molar-refractivity contribution in [3.05, 3.63) is 11.8 Å². The molecule has 0 atom stereocenters. The Kier molecular flexibility index (Phi) is 8.55. The fourth-order valence-electron chi connectivity index (χ4n) is 4.82. The van der Waals surface area contributed by atoms with Crippen LogP contribution >= 0.6 is 0 Å². The Bertz CT molecular complexity index is 773. The molecule has 0 bridgehead atoms. The van der Waals surface area contributed by atoms with Crippen LogP contribution in [0.25, 0.3) is 0 Å². The Morgan fingerprint density at radius 1 is 1.00 bits per heavy atom. The normalized spacial score (nSPS) is 22.9. The molecule has 8 nitrogen and oxygen atoms in total. The standard InChI is InChI=1S/C25H41N5O3/c1-25(2,3)20-4-6-21(7-5-20)26-19-22-18-23(30-11-15-32-16-12-30)28-24(27-22)33-17-10-29-8-13-31-14-9-29/h18,20H,4-17,19H2,1-3H3. The zero-order valence-corrected chi connectivity index (χ0v) is 20.7. The molecule has 0 N–H and O–H groups in total. The Morgan fingerprint density at radius 3 is 2.33 bits per heavy atom. The molecule has 0 amide bonds. The van der Waals surface area contributed by atoms with Crippen molar-refractivity contribution in [3.8, 4) is 6.01 Å². The Hall–Kier alpha value is -1.77. The van der Waals surface area contributed by atoms with Crippen LogP contribution in [0, 0.1) is 11.3 Å². The monoisotopic (exact) mass is 459 g/mol. The van der Waals surface area contributed by atoms with Crippen LogP contribution < -0.4 is 9.64 Å². The minimum atomic E-state index is 0.388. The highest BCUT2D eigenvalue weighted by Crippen LogP contribution is 2.37. The van der Waals surface area contributed by atoms with Crippen molar-refractivity contribution in [2.45, 2.75) is 53.0 Å². The molecule has 3 heterocycles. The molecule has 184 valence electrons. The van der Waals surface area contributed by atoms with Crippen molar-refractivity contribution in [3.63, 3.8) is 0 Å². The quantitative estimate of drug-likeness (QED) is 0.620. The van der Waals surface area contributed by atoms with Crippen molar-refractivity contribution >= 4 is 11.5 Å². The lowest BCUT2D eigenvalue weighted by Crippen LogP contribution is -2.39. The van der Waals surface area contributed by atoms with E-state index in [1.807, 2.05) is 0 Å². The van der Waals surface area contributed by atoms with Gasteiger partial charge in [0.1, 0.15) is 12.4 Å². The lowest BCUT2D eigenvalue weighted by atomic mass is 9.72. The highest BCUT2D eigenvalue weighted by molar-refractivity contribution is 5.85. The molecule has 8 heteroatoms. The third kappa shape index (κ3) is 7.36. The first-order chi connectivity index (χ1) is 16.0. The lowest BCUT2D eigenvalue weighted by Gasteiger charge is -2.34. The average molecular weight is 460 g/mol. The Balaban J connectivity index is 1.39. The van der Waals surface area contributed by atoms with E-state index in [0.29, 0.717) is 24.6 Å². The van der Waals surface area contributed by atoms with Crippen LogP contribution in [0.2, 0.25) is 0 Å². The molecule has 4 rings (SSSR count). The summed E-state index contributed by atoms with van der Waals surface area (Å²) in [6, 6.07) is 2.53. The second-order valence-electron chi connectivity index (χ2n) is 10.4. The maximum absolute atomic E-state index is 6.01. The number of aliphatic imine (C=N–C) groups is 1. The van der Waals surface area contributed by atoms with E-state index in [4.69, 9.17) is 29.2 Å². The predicted molar refractivity (Wildman–Crippen MR) is 130 cm³/mol. The van der Waals surface area contributed by atoms with Crippen molar-refractivity contribution in [1.29, 1.82) is 0 Å². The maximum Gasteiger partial charge on any atom is 0.318 e. The Morgan fingerprint density at radius 2 is 1.67 bits per heavy atom. The highest BCUT2D eigenvalue weighted by Gasteiger charge is 2.28. The molecule has 3 fully saturated rings. The van der Waals surface area contributed by atoms with Crippen LogP contribution in [0.4, 0.5) is 5.82 Å². The summed E-state index contributed by atoms with van der Waals surface area (Å²) in [5.74, 6) is 1.70. The van der Waals surface area contributed by atoms with Crippen LogP contribution in [-0.4, -0.2) is 86.3 Å². The summed E-state index contributed by atoms with van der Waals surface area (Å²) in [6.07, 6.45) is 4.68. The zero-order valence-electron chi connectivity index (χ0n) is 20.7. The van der Waals surface area contributed by atoms with Gasteiger partial charge in [-0.25, -0.2) is 0 Å². The largest absolute Gasteiger partial charge is 0.462 e. The predicted octanol–water partition coefficient (Wildman–Crippen LogP) is 3.20. The van der Waals surface area contributed by atoms with Gasteiger partial charge >= 0.3 is 6.01 Å². The topological polar surface area (TPSA) is 72.3 Å². The molecule has 33 heavy (non-hydrogen) atoms. The van der Waals surface area contributed by atoms with E-state index >= 15 is 0 Å². The smallest absolute Gasteiger partial charge is 0.318 e. The summed E-state index contributed by atoms with van der Waals surface area (Å²) >= 11 is 0. The van der Waals surface area contributed by atoms with Crippen LogP contribution in [0.1, 0.15) is 52.1 Å². The molecular formula is C25H41N5O3. The van der Waals surface area contributed by atoms with E-state index in [1.165, 1.54) is 18.6 Å². The van der Waals surface area contributed by atoms with Gasteiger partial charge in [0.2, 0.25) is 0 Å². The third-order valence-corrected chi connectivity index (χ3v) is 7.07. The first-order valence-electron chi connectivity index (χ1n) is 12.6. The Labute approximate surface area is 198 Å². The van der Waals surface area contributed by atoms with Crippen LogP contribution in [-0.2, 0) is 16.0 Å². The summed E-state index contributed by atoms with van der Waals surface area (Å²) in [5.41, 5.74) is 2.65. The second kappa shape index (κ2) is 11.6. The van der Waals surface area contributed by atoms with Gasteiger partial charge in [0.25, 0.3) is 0 Å². The van der Waals surface area contributed by atoms with Gasteiger partial charge in [-0.2, -0.15) is 9.97 Å². The number of nitrogens with zero attached hydrogens (tertiary/aromatic N) is 5. The molecule has 1 saturated carbocycles. The molecule has 0 aromatic carbocycles. The molecule has 0 spiro atoms. The van der Waals surface area contributed by atoms with Gasteiger partial charge in [0.15, 0.2) is 0 Å². The van der Waals surface area contributed by atoms with E-state index in [2.05, 4.69) is 36.6 Å². The first kappa shape index (κ1) is 24.4. The minimum absolute atomic E-state index is 0.388. The fourth-order valence-corrected chi connectivity index (χ4v) is 4.82. The molecule has 2 saturated heterocycles. The van der Waals surface area contributed by atoms with Crippen molar-refractivity contribution < 1.29 is 14.2 Å². The first-order valence-corrected chi connectivity index (χ1v) is 12.6. The number of hydrogen-bond acceptors (Lipinski definition) is 8. The van der Waals surface area contributed by atoms with Gasteiger partial charge in [-0.1, -0.05) is 20.8 Å². The highest BCUT2D eigenvalue weighted by atomic mass is 16.5. The SMILES string of the molecule is CC(C)(C)C1CCC(=NCc2cc(N3CCOCC3)nc(OCCN3CCOCC3)n2)CC1. The van der Waals surface area contributed by atoms with E-state index in [-0.39, 0.29) is 0 Å². The van der Waals surface area contributed by atoms with Gasteiger partial charge in [0.05, 0.1) is 38.7 Å². The fraction of sp³-hybridized carbons (Fsp3) is 0.800. The summed E-state index contributed by atoms with van der Waals surface area (Å²) in [4.78, 5) is 19.0. The number of morpholine rings is 2. The lowest BCUT2D eigenvalue weighted by molar-refractivity contribution is 0.0317. The van der Waals surface area contributed by atoms with E-state index in [9.17, 15) is 0 Å². The number of anilines is 1. The van der Waals surface area contributed by atoms with E-state index in [1.54, 1.807) is 0 Å². The van der Waals surface area contributed by atoms with Crippen molar-refractivity contribution in [1.82, 2.24) is 14.9 Å². The van der Waals surface area contributed by atoms with Gasteiger partial charge in [0, 0.05) is 44.5 Å². The molecule has 1 aromatic heterocycles. The van der Waals surface area contributed by atoms with Crippen LogP contribution in [0.3, 0.4) is 0 Å². The van der Waals surface area contributed by atoms with Gasteiger partial charge in [-0.05, 0) is 37.0 Å². The van der Waals surface area contributed by atoms with Crippen LogP contribution in [0.5, 0.6) is 6.01 Å². The molecule has 3 aliphatic rings. The molecule has 2 aliphatic heterocycles. The minimum Gasteiger partial charge on any atom is -0.462 e. The number of ether oxygens (including phenoxy) is 3. The van der Waals surface area contributed by atoms with Gasteiger partial charge in [-0.3, -0.25) is 9.89 Å². The molecular weight excluding hydrogens is 418 g/mol. The molecule has 1 aromatic rings. The third-order valence-electron chi connectivity index (χ3n) is 7.07. The summed E-state index contributed by atoms with van der Waals surface area (Å²) in [7, 11) is 0. The number of rotatable bonds is 7. The van der Waals surface area contributed by atoms with Gasteiger partial charge < -0.3 is 19.1 Å². The summed E-state index contributed by atoms with van der Waals surface area (Å²) in [6.45, 7) is 15.7. The second-order valence-corrected chi connectivity index (χ2v) is 10.4.